The number of carbonyl (C=O) groups is 1. The Morgan fingerprint density at radius 1 is 1.02 bits per heavy atom. The van der Waals surface area contributed by atoms with Gasteiger partial charge in [-0.05, 0) is 42.3 Å². The number of nitrogens with one attached hydrogen (secondary N) is 3. The van der Waals surface area contributed by atoms with E-state index in [1.165, 1.54) is 6.20 Å². The molecule has 0 amide bonds. The molecule has 47 heavy (non-hydrogen) atoms. The molecule has 2 aliphatic heterocycles. The van der Waals surface area contributed by atoms with Crippen molar-refractivity contribution in [3.8, 4) is 16.9 Å². The Morgan fingerprint density at radius 3 is 2.55 bits per heavy atom. The lowest BCUT2D eigenvalue weighted by molar-refractivity contribution is 0.0767. The van der Waals surface area contributed by atoms with Crippen molar-refractivity contribution in [1.29, 1.82) is 0 Å². The summed E-state index contributed by atoms with van der Waals surface area (Å²) in [5.41, 5.74) is 0.124. The molecule has 2 saturated heterocycles. The second-order valence-corrected chi connectivity index (χ2v) is 13.0. The predicted octanol–water partition coefficient (Wildman–Crippen LogP) is 3.74. The summed E-state index contributed by atoms with van der Waals surface area (Å²) >= 11 is 0. The lowest BCUT2D eigenvalue weighted by Gasteiger charge is -2.26. The van der Waals surface area contributed by atoms with Gasteiger partial charge in [-0.2, -0.15) is 12.7 Å². The summed E-state index contributed by atoms with van der Waals surface area (Å²) < 4.78 is 83.8. The van der Waals surface area contributed by atoms with Crippen LogP contribution in [0.2, 0.25) is 0 Å². The number of ether oxygens (including phenoxy) is 2. The number of hydrogen-bond donors (Lipinski definition) is 3. The van der Waals surface area contributed by atoms with Gasteiger partial charge < -0.3 is 19.8 Å². The maximum Gasteiger partial charge on any atom is 0.301 e. The molecule has 0 radical (unpaired) electrons. The molecule has 11 nitrogen and oxygen atoms in total. The number of carbonyl (C=O) groups excluding carboxylic acids is 1. The van der Waals surface area contributed by atoms with Crippen molar-refractivity contribution in [3.63, 3.8) is 0 Å². The van der Waals surface area contributed by atoms with Gasteiger partial charge in [-0.15, -0.1) is 0 Å². The van der Waals surface area contributed by atoms with E-state index < -0.39 is 45.0 Å². The first-order valence-corrected chi connectivity index (χ1v) is 16.8. The van der Waals surface area contributed by atoms with Crippen LogP contribution in [0.1, 0.15) is 22.3 Å². The largest absolute Gasteiger partial charge is 0.491 e. The first-order valence-electron chi connectivity index (χ1n) is 15.4. The fourth-order valence-electron chi connectivity index (χ4n) is 5.63. The number of alkyl halides is 1. The van der Waals surface area contributed by atoms with Crippen molar-refractivity contribution in [2.45, 2.75) is 12.6 Å². The molecule has 4 aromatic rings. The maximum atomic E-state index is 15.5. The predicted molar refractivity (Wildman–Crippen MR) is 171 cm³/mol. The zero-order valence-corrected chi connectivity index (χ0v) is 26.3. The first-order chi connectivity index (χ1) is 22.7. The molecule has 0 saturated carbocycles. The van der Waals surface area contributed by atoms with Gasteiger partial charge in [0.25, 0.3) is 0 Å². The van der Waals surface area contributed by atoms with E-state index in [2.05, 4.69) is 20.2 Å². The van der Waals surface area contributed by atoms with Crippen LogP contribution < -0.4 is 14.8 Å². The smallest absolute Gasteiger partial charge is 0.301 e. The number of piperazine rings is 1. The topological polar surface area (TPSA) is 129 Å². The van der Waals surface area contributed by atoms with Gasteiger partial charge in [0.15, 0.2) is 5.82 Å². The van der Waals surface area contributed by atoms with Crippen molar-refractivity contribution in [2.75, 3.05) is 70.4 Å². The number of anilines is 1. The number of benzene rings is 2. The van der Waals surface area contributed by atoms with E-state index >= 15 is 4.39 Å². The number of ketones is 1. The summed E-state index contributed by atoms with van der Waals surface area (Å²) in [6.45, 7) is 5.99. The average Bonchev–Trinajstić information content (AvgIpc) is 3.71. The van der Waals surface area contributed by atoms with E-state index in [9.17, 15) is 22.0 Å². The third kappa shape index (κ3) is 7.60. The normalized spacial score (nSPS) is 17.7. The Balaban J connectivity index is 1.12. The van der Waals surface area contributed by atoms with Gasteiger partial charge in [0.1, 0.15) is 30.0 Å². The van der Waals surface area contributed by atoms with Gasteiger partial charge in [0, 0.05) is 74.7 Å². The fraction of sp³-hybridized carbons (Fsp3) is 0.375. The summed E-state index contributed by atoms with van der Waals surface area (Å²) in [5, 5.41) is 3.65. The zero-order chi connectivity index (χ0) is 33.0. The first kappa shape index (κ1) is 32.9. The van der Waals surface area contributed by atoms with Gasteiger partial charge in [-0.25, -0.2) is 18.2 Å². The molecular formula is C32H35F3N6O5S. The molecule has 4 heterocycles. The summed E-state index contributed by atoms with van der Waals surface area (Å²) in [6.07, 6.45) is 1.58. The van der Waals surface area contributed by atoms with Gasteiger partial charge in [0.2, 0.25) is 5.78 Å². The lowest BCUT2D eigenvalue weighted by atomic mass is 10.00. The highest BCUT2D eigenvalue weighted by Gasteiger charge is 2.33. The van der Waals surface area contributed by atoms with Crippen molar-refractivity contribution >= 4 is 32.7 Å². The molecule has 2 aromatic carbocycles. The SMILES string of the molecule is O=C(c1c(F)ccc(NS(=O)(=O)N2CCC(F)C2)c1F)c1c[nH]c2ncc(-c3ccc(OCCOCCN4CCNCC4)cc3)cc12. The van der Waals surface area contributed by atoms with Crippen molar-refractivity contribution < 1.29 is 35.9 Å². The third-order valence-electron chi connectivity index (χ3n) is 8.21. The Kier molecular flexibility index (Phi) is 10.1. The van der Waals surface area contributed by atoms with E-state index in [4.69, 9.17) is 9.47 Å². The Morgan fingerprint density at radius 2 is 1.81 bits per heavy atom. The van der Waals surface area contributed by atoms with E-state index in [-0.39, 0.29) is 25.1 Å². The number of rotatable bonds is 13. The summed E-state index contributed by atoms with van der Waals surface area (Å²) in [4.78, 5) is 23.1. The number of H-pyrrole nitrogens is 1. The van der Waals surface area contributed by atoms with Crippen LogP contribution in [0.4, 0.5) is 18.9 Å². The van der Waals surface area contributed by atoms with E-state index in [0.717, 1.165) is 54.7 Å². The highest BCUT2D eigenvalue weighted by Crippen LogP contribution is 2.31. The fourth-order valence-corrected chi connectivity index (χ4v) is 6.89. The highest BCUT2D eigenvalue weighted by molar-refractivity contribution is 7.90. The van der Waals surface area contributed by atoms with Crippen molar-refractivity contribution in [1.82, 2.24) is 24.5 Å². The molecule has 250 valence electrons. The lowest BCUT2D eigenvalue weighted by Crippen LogP contribution is -2.44. The standard InChI is InChI=1S/C32H35F3N6O5S/c33-23-7-10-41(20-23)47(43,44)39-28-6-5-27(34)29(30(28)35)31(42)26-19-38-32-25(26)17-22(18-37-32)21-1-3-24(4-2-21)46-16-15-45-14-13-40-11-8-36-9-12-40/h1-6,17-19,23,36,39H,7-16,20H2,(H,37,38). The minimum atomic E-state index is -4.33. The number of fused-ring (bicyclic) bond motifs is 1. The van der Waals surface area contributed by atoms with Gasteiger partial charge >= 0.3 is 10.2 Å². The van der Waals surface area contributed by atoms with Crippen LogP contribution in [0.3, 0.4) is 0 Å². The van der Waals surface area contributed by atoms with E-state index in [0.29, 0.717) is 42.2 Å². The zero-order valence-electron chi connectivity index (χ0n) is 25.5. The molecule has 0 spiro atoms. The second-order valence-electron chi connectivity index (χ2n) is 11.4. The Bertz CT molecular complexity index is 1830. The number of hydrogen-bond acceptors (Lipinski definition) is 8. The van der Waals surface area contributed by atoms with Crippen LogP contribution in [0.5, 0.6) is 5.75 Å². The number of pyridine rings is 1. The summed E-state index contributed by atoms with van der Waals surface area (Å²) in [7, 11) is -4.33. The number of aromatic nitrogens is 2. The van der Waals surface area contributed by atoms with Crippen molar-refractivity contribution in [2.24, 2.45) is 0 Å². The molecule has 3 N–H and O–H groups in total. The number of halogens is 3. The van der Waals surface area contributed by atoms with Crippen LogP contribution in [-0.4, -0.2) is 105 Å². The third-order valence-corrected chi connectivity index (χ3v) is 9.70. The van der Waals surface area contributed by atoms with Gasteiger partial charge in [0.05, 0.1) is 24.5 Å². The average molecular weight is 673 g/mol. The molecular weight excluding hydrogens is 637 g/mol. The molecule has 2 aromatic heterocycles. The van der Waals surface area contributed by atoms with Crippen LogP contribution >= 0.6 is 0 Å². The maximum absolute atomic E-state index is 15.5. The number of aromatic amines is 1. The van der Waals surface area contributed by atoms with Crippen LogP contribution in [0.25, 0.3) is 22.2 Å². The minimum Gasteiger partial charge on any atom is -0.491 e. The Hall–Kier alpha value is -4.02. The van der Waals surface area contributed by atoms with Crippen LogP contribution in [0.15, 0.2) is 54.9 Å². The van der Waals surface area contributed by atoms with Crippen molar-refractivity contribution in [3.05, 3.63) is 77.6 Å². The summed E-state index contributed by atoms with van der Waals surface area (Å²) in [6, 6.07) is 10.6. The molecule has 0 aliphatic carbocycles. The number of nitrogens with zero attached hydrogens (tertiary/aromatic N) is 3. The van der Waals surface area contributed by atoms with E-state index in [1.54, 1.807) is 24.4 Å². The molecule has 1 atom stereocenters. The minimum absolute atomic E-state index is 0.0121. The summed E-state index contributed by atoms with van der Waals surface area (Å²) in [5.74, 6) is -2.90. The van der Waals surface area contributed by atoms with E-state index in [1.807, 2.05) is 16.9 Å². The quantitative estimate of drug-likeness (QED) is 0.145. The van der Waals surface area contributed by atoms with Gasteiger partial charge in [-0.1, -0.05) is 12.1 Å². The molecule has 2 fully saturated rings. The highest BCUT2D eigenvalue weighted by atomic mass is 32.2. The molecule has 6 rings (SSSR count). The second kappa shape index (κ2) is 14.4. The molecule has 2 aliphatic rings. The van der Waals surface area contributed by atoms with Crippen LogP contribution in [-0.2, 0) is 14.9 Å². The monoisotopic (exact) mass is 672 g/mol. The Labute approximate surface area is 270 Å². The molecule has 1 unspecified atom stereocenters. The molecule has 15 heteroatoms. The van der Waals surface area contributed by atoms with Crippen LogP contribution in [0, 0.1) is 11.6 Å². The van der Waals surface area contributed by atoms with Gasteiger partial charge in [-0.3, -0.25) is 14.4 Å². The molecule has 0 bridgehead atoms.